The largest absolute Gasteiger partial charge is 0.478 e. The van der Waals surface area contributed by atoms with Crippen LogP contribution in [0, 0.1) is 0 Å². The summed E-state index contributed by atoms with van der Waals surface area (Å²) in [5.74, 6) is -0.505. The van der Waals surface area contributed by atoms with Gasteiger partial charge in [0, 0.05) is 45.5 Å². The molecular weight excluding hydrogens is 268 g/mol. The topological polar surface area (TPSA) is 77.5 Å². The summed E-state index contributed by atoms with van der Waals surface area (Å²) in [4.78, 5) is 17.4. The molecule has 0 amide bonds. The number of hydrogen-bond acceptors (Lipinski definition) is 5. The molecule has 19 heavy (non-hydrogen) atoms. The van der Waals surface area contributed by atoms with Crippen molar-refractivity contribution in [1.29, 1.82) is 0 Å². The highest BCUT2D eigenvalue weighted by Crippen LogP contribution is 2.17. The first-order valence-corrected chi connectivity index (χ1v) is 6.60. The van der Waals surface area contributed by atoms with Crippen molar-refractivity contribution in [1.82, 2.24) is 15.2 Å². The van der Waals surface area contributed by atoms with E-state index in [1.54, 1.807) is 0 Å². The first-order chi connectivity index (χ1) is 9.16. The summed E-state index contributed by atoms with van der Waals surface area (Å²) < 4.78 is 0. The normalized spacial score (nSPS) is 16.3. The van der Waals surface area contributed by atoms with Gasteiger partial charge in [-0.1, -0.05) is 11.6 Å². The Morgan fingerprint density at radius 2 is 2.26 bits per heavy atom. The molecule has 0 atom stereocenters. The Kier molecular flexibility index (Phi) is 4.95. The molecule has 0 aliphatic carbocycles. The Labute approximate surface area is 116 Å². The van der Waals surface area contributed by atoms with Crippen LogP contribution in [0.15, 0.2) is 12.3 Å². The number of nitrogens with one attached hydrogen (secondary N) is 2. The summed E-state index contributed by atoms with van der Waals surface area (Å²) in [7, 11) is 0. The molecule has 0 radical (unpaired) electrons. The van der Waals surface area contributed by atoms with Crippen LogP contribution < -0.4 is 10.6 Å². The van der Waals surface area contributed by atoms with Gasteiger partial charge in [0.2, 0.25) is 0 Å². The molecule has 1 aliphatic heterocycles. The Balaban J connectivity index is 1.85. The third-order valence-corrected chi connectivity index (χ3v) is 3.33. The first-order valence-electron chi connectivity index (χ1n) is 6.22. The lowest BCUT2D eigenvalue weighted by Crippen LogP contribution is -2.45. The first kappa shape index (κ1) is 14.0. The van der Waals surface area contributed by atoms with E-state index in [9.17, 15) is 4.79 Å². The summed E-state index contributed by atoms with van der Waals surface area (Å²) >= 11 is 5.76. The van der Waals surface area contributed by atoms with Gasteiger partial charge in [0.1, 0.15) is 5.82 Å². The molecule has 0 saturated carbocycles. The third-order valence-electron chi connectivity index (χ3n) is 3.03. The van der Waals surface area contributed by atoms with E-state index >= 15 is 0 Å². The smallest absolute Gasteiger partial charge is 0.337 e. The molecule has 0 unspecified atom stereocenters. The van der Waals surface area contributed by atoms with E-state index in [0.717, 1.165) is 39.3 Å². The number of nitrogens with zero attached hydrogens (tertiary/aromatic N) is 2. The maximum atomic E-state index is 10.9. The number of halogens is 1. The average molecular weight is 285 g/mol. The molecule has 7 heteroatoms. The van der Waals surface area contributed by atoms with E-state index in [0.29, 0.717) is 5.82 Å². The van der Waals surface area contributed by atoms with Crippen molar-refractivity contribution in [3.8, 4) is 0 Å². The molecule has 1 aliphatic rings. The van der Waals surface area contributed by atoms with Crippen LogP contribution in [-0.4, -0.2) is 60.2 Å². The van der Waals surface area contributed by atoms with Crippen LogP contribution in [0.2, 0.25) is 5.02 Å². The van der Waals surface area contributed by atoms with Gasteiger partial charge in [0.25, 0.3) is 0 Å². The number of aromatic nitrogens is 1. The van der Waals surface area contributed by atoms with Crippen molar-refractivity contribution in [2.45, 2.75) is 0 Å². The number of carboxylic acids is 1. The Morgan fingerprint density at radius 1 is 1.53 bits per heavy atom. The summed E-state index contributed by atoms with van der Waals surface area (Å²) in [5.41, 5.74) is 0.0707. The molecular formula is C12H17ClN4O2. The number of piperazine rings is 1. The molecule has 1 saturated heterocycles. The van der Waals surface area contributed by atoms with Crippen molar-refractivity contribution in [3.63, 3.8) is 0 Å². The highest BCUT2D eigenvalue weighted by molar-refractivity contribution is 6.33. The number of carbonyl (C=O) groups is 1. The number of anilines is 1. The minimum absolute atomic E-state index is 0.0707. The fraction of sp³-hybridized carbons (Fsp3) is 0.500. The lowest BCUT2D eigenvalue weighted by atomic mass is 10.2. The highest BCUT2D eigenvalue weighted by Gasteiger charge is 2.11. The molecule has 2 rings (SSSR count). The van der Waals surface area contributed by atoms with E-state index in [1.807, 2.05) is 0 Å². The zero-order chi connectivity index (χ0) is 13.7. The lowest BCUT2D eigenvalue weighted by molar-refractivity contribution is 0.0697. The number of rotatable bonds is 5. The van der Waals surface area contributed by atoms with Crippen LogP contribution in [0.25, 0.3) is 0 Å². The monoisotopic (exact) mass is 284 g/mol. The summed E-state index contributed by atoms with van der Waals surface area (Å²) in [6.45, 7) is 5.75. The van der Waals surface area contributed by atoms with Crippen LogP contribution in [0.4, 0.5) is 5.82 Å². The second kappa shape index (κ2) is 6.70. The Morgan fingerprint density at radius 3 is 2.95 bits per heavy atom. The Hall–Kier alpha value is -1.37. The predicted octanol–water partition coefficient (Wildman–Crippen LogP) is 0.750. The van der Waals surface area contributed by atoms with Gasteiger partial charge in [-0.15, -0.1) is 0 Å². The molecule has 1 aromatic heterocycles. The molecule has 0 bridgehead atoms. The van der Waals surface area contributed by atoms with Gasteiger partial charge in [-0.3, -0.25) is 4.90 Å². The zero-order valence-electron chi connectivity index (χ0n) is 10.5. The zero-order valence-corrected chi connectivity index (χ0v) is 11.3. The SMILES string of the molecule is O=C(O)c1cc(NCCN2CCNCC2)ncc1Cl. The van der Waals surface area contributed by atoms with Crippen LogP contribution in [0.1, 0.15) is 10.4 Å². The Bertz CT molecular complexity index is 449. The number of carboxylic acid groups (broad SMARTS) is 1. The molecule has 6 nitrogen and oxygen atoms in total. The van der Waals surface area contributed by atoms with Gasteiger partial charge in [0.05, 0.1) is 10.6 Å². The third kappa shape index (κ3) is 4.05. The van der Waals surface area contributed by atoms with Gasteiger partial charge in [0.15, 0.2) is 0 Å². The van der Waals surface area contributed by atoms with Crippen molar-refractivity contribution < 1.29 is 9.90 Å². The second-order valence-corrected chi connectivity index (χ2v) is 4.78. The average Bonchev–Trinajstić information content (AvgIpc) is 2.41. The van der Waals surface area contributed by atoms with Gasteiger partial charge in [-0.25, -0.2) is 9.78 Å². The van der Waals surface area contributed by atoms with Gasteiger partial charge in [-0.05, 0) is 6.07 Å². The van der Waals surface area contributed by atoms with Crippen LogP contribution in [-0.2, 0) is 0 Å². The number of pyridine rings is 1. The molecule has 3 N–H and O–H groups in total. The maximum Gasteiger partial charge on any atom is 0.337 e. The van der Waals surface area contributed by atoms with Gasteiger partial charge >= 0.3 is 5.97 Å². The minimum atomic E-state index is -1.04. The van der Waals surface area contributed by atoms with Crippen molar-refractivity contribution in [2.75, 3.05) is 44.6 Å². The van der Waals surface area contributed by atoms with Gasteiger partial charge in [-0.2, -0.15) is 0 Å². The maximum absolute atomic E-state index is 10.9. The lowest BCUT2D eigenvalue weighted by Gasteiger charge is -2.27. The molecule has 2 heterocycles. The molecule has 0 aromatic carbocycles. The van der Waals surface area contributed by atoms with E-state index in [2.05, 4.69) is 20.5 Å². The fourth-order valence-electron chi connectivity index (χ4n) is 1.98. The van der Waals surface area contributed by atoms with Crippen molar-refractivity contribution in [2.24, 2.45) is 0 Å². The van der Waals surface area contributed by atoms with Gasteiger partial charge < -0.3 is 15.7 Å². The summed E-state index contributed by atoms with van der Waals surface area (Å²) in [6.07, 6.45) is 1.36. The van der Waals surface area contributed by atoms with Crippen molar-refractivity contribution >= 4 is 23.4 Å². The van der Waals surface area contributed by atoms with E-state index in [-0.39, 0.29) is 10.6 Å². The number of aromatic carboxylic acids is 1. The molecule has 1 fully saturated rings. The van der Waals surface area contributed by atoms with E-state index < -0.39 is 5.97 Å². The second-order valence-electron chi connectivity index (χ2n) is 4.37. The van der Waals surface area contributed by atoms with Crippen molar-refractivity contribution in [3.05, 3.63) is 22.8 Å². The summed E-state index contributed by atoms with van der Waals surface area (Å²) in [5, 5.41) is 15.5. The predicted molar refractivity (Wildman–Crippen MR) is 74.0 cm³/mol. The highest BCUT2D eigenvalue weighted by atomic mass is 35.5. The molecule has 104 valence electrons. The minimum Gasteiger partial charge on any atom is -0.478 e. The number of hydrogen-bond donors (Lipinski definition) is 3. The molecule has 1 aromatic rings. The van der Waals surface area contributed by atoms with E-state index in [4.69, 9.17) is 16.7 Å². The summed E-state index contributed by atoms with van der Waals surface area (Å²) in [6, 6.07) is 1.46. The fourth-order valence-corrected chi connectivity index (χ4v) is 2.16. The van der Waals surface area contributed by atoms with E-state index in [1.165, 1.54) is 12.3 Å². The molecule has 0 spiro atoms. The van der Waals surface area contributed by atoms with Crippen LogP contribution in [0.3, 0.4) is 0 Å². The van der Waals surface area contributed by atoms with Crippen LogP contribution in [0.5, 0.6) is 0 Å². The standard InChI is InChI=1S/C12H17ClN4O2/c13-10-8-16-11(7-9(10)12(18)19)15-3-6-17-4-1-14-2-5-17/h7-8,14H,1-6H2,(H,15,16)(H,18,19). The quantitative estimate of drug-likeness (QED) is 0.741. The van der Waals surface area contributed by atoms with Crippen LogP contribution >= 0.6 is 11.6 Å².